The number of hydrogen-bond acceptors (Lipinski definition) is 3. The molecule has 0 aliphatic carbocycles. The average Bonchev–Trinajstić information content (AvgIpc) is 2.59. The number of thiol groups is 1. The third-order valence-corrected chi connectivity index (χ3v) is 4.61. The van der Waals surface area contributed by atoms with E-state index >= 15 is 0 Å². The van der Waals surface area contributed by atoms with E-state index in [2.05, 4.69) is 57.3 Å². The first-order chi connectivity index (χ1) is 7.84. The summed E-state index contributed by atoms with van der Waals surface area (Å²) in [6.45, 7) is 10.6. The fourth-order valence-electron chi connectivity index (χ4n) is 2.63. The normalized spacial score (nSPS) is 24.5. The van der Waals surface area contributed by atoms with Gasteiger partial charge in [0.25, 0.3) is 0 Å². The van der Waals surface area contributed by atoms with E-state index in [0.29, 0.717) is 11.3 Å². The number of rotatable bonds is 5. The van der Waals surface area contributed by atoms with E-state index in [0.717, 1.165) is 18.3 Å². The second-order valence-electron chi connectivity index (χ2n) is 6.74. The van der Waals surface area contributed by atoms with Gasteiger partial charge >= 0.3 is 0 Å². The van der Waals surface area contributed by atoms with Crippen LogP contribution in [0.4, 0.5) is 0 Å². The summed E-state index contributed by atoms with van der Waals surface area (Å²) in [6, 6.07) is 0.764. The van der Waals surface area contributed by atoms with Crippen LogP contribution in [-0.4, -0.2) is 55.3 Å². The van der Waals surface area contributed by atoms with Crippen molar-refractivity contribution >= 4 is 12.6 Å². The molecule has 1 aliphatic rings. The Hall–Kier alpha value is 0.270. The van der Waals surface area contributed by atoms with Gasteiger partial charge in [-0.15, -0.1) is 0 Å². The first kappa shape index (κ1) is 15.3. The van der Waals surface area contributed by atoms with Crippen molar-refractivity contribution in [2.75, 3.05) is 39.5 Å². The molecule has 1 fully saturated rings. The van der Waals surface area contributed by atoms with Crippen LogP contribution in [0.1, 0.15) is 33.6 Å². The second kappa shape index (κ2) is 6.44. The van der Waals surface area contributed by atoms with Gasteiger partial charge in [-0.2, -0.15) is 12.6 Å². The maximum absolute atomic E-state index is 4.51. The van der Waals surface area contributed by atoms with Crippen LogP contribution >= 0.6 is 12.6 Å². The van der Waals surface area contributed by atoms with Crippen LogP contribution in [0.15, 0.2) is 0 Å². The van der Waals surface area contributed by atoms with Crippen LogP contribution in [0.5, 0.6) is 0 Å². The van der Waals surface area contributed by atoms with Gasteiger partial charge in [0.05, 0.1) is 0 Å². The van der Waals surface area contributed by atoms with Crippen molar-refractivity contribution < 1.29 is 0 Å². The molecule has 2 atom stereocenters. The van der Waals surface area contributed by atoms with E-state index in [1.165, 1.54) is 25.9 Å². The summed E-state index contributed by atoms with van der Waals surface area (Å²) in [5.74, 6) is 1.65. The molecule has 0 bridgehead atoms. The average molecular weight is 258 g/mol. The molecule has 1 rings (SSSR count). The van der Waals surface area contributed by atoms with Gasteiger partial charge < -0.3 is 9.80 Å². The van der Waals surface area contributed by atoms with E-state index in [4.69, 9.17) is 0 Å². The standard InChI is InChI=1S/C14H30N2S/c1-14(2,3)12(11-17)9-15(4)10-13-7-6-8-16(13)5/h12-13,17H,6-11H2,1-5H3. The number of nitrogens with zero attached hydrogens (tertiary/aromatic N) is 2. The van der Waals surface area contributed by atoms with Gasteiger partial charge in [0.2, 0.25) is 0 Å². The molecule has 0 radical (unpaired) electrons. The van der Waals surface area contributed by atoms with Gasteiger partial charge in [-0.1, -0.05) is 20.8 Å². The molecule has 1 saturated heterocycles. The summed E-state index contributed by atoms with van der Waals surface area (Å²) >= 11 is 4.51. The predicted molar refractivity (Wildman–Crippen MR) is 79.9 cm³/mol. The summed E-state index contributed by atoms with van der Waals surface area (Å²) in [5, 5.41) is 0. The minimum Gasteiger partial charge on any atom is -0.304 e. The minimum atomic E-state index is 0.359. The zero-order valence-electron chi connectivity index (χ0n) is 12.2. The van der Waals surface area contributed by atoms with E-state index in [1.807, 2.05) is 0 Å². The monoisotopic (exact) mass is 258 g/mol. The molecule has 102 valence electrons. The van der Waals surface area contributed by atoms with Crippen LogP contribution in [0.2, 0.25) is 0 Å². The summed E-state index contributed by atoms with van der Waals surface area (Å²) in [7, 11) is 4.51. The van der Waals surface area contributed by atoms with Crippen molar-refractivity contribution in [3.05, 3.63) is 0 Å². The maximum Gasteiger partial charge on any atom is 0.0220 e. The van der Waals surface area contributed by atoms with E-state index in [-0.39, 0.29) is 0 Å². The van der Waals surface area contributed by atoms with Crippen molar-refractivity contribution in [1.29, 1.82) is 0 Å². The van der Waals surface area contributed by atoms with E-state index in [1.54, 1.807) is 0 Å². The quantitative estimate of drug-likeness (QED) is 0.757. The van der Waals surface area contributed by atoms with Gasteiger partial charge in [-0.05, 0) is 50.6 Å². The molecule has 2 nitrogen and oxygen atoms in total. The van der Waals surface area contributed by atoms with Crippen molar-refractivity contribution in [1.82, 2.24) is 9.80 Å². The summed E-state index contributed by atoms with van der Waals surface area (Å²) in [6.07, 6.45) is 2.73. The van der Waals surface area contributed by atoms with E-state index in [9.17, 15) is 0 Å². The van der Waals surface area contributed by atoms with Crippen molar-refractivity contribution in [3.63, 3.8) is 0 Å². The van der Waals surface area contributed by atoms with Gasteiger partial charge in [-0.25, -0.2) is 0 Å². The Morgan fingerprint density at radius 1 is 1.41 bits per heavy atom. The van der Waals surface area contributed by atoms with Crippen molar-refractivity contribution in [2.45, 2.75) is 39.7 Å². The zero-order chi connectivity index (χ0) is 13.1. The number of likely N-dealkylation sites (tertiary alicyclic amines) is 1. The zero-order valence-corrected chi connectivity index (χ0v) is 13.1. The highest BCUT2D eigenvalue weighted by atomic mass is 32.1. The lowest BCUT2D eigenvalue weighted by atomic mass is 9.81. The first-order valence-electron chi connectivity index (χ1n) is 6.84. The molecule has 0 N–H and O–H groups in total. The number of hydrogen-bond donors (Lipinski definition) is 1. The van der Waals surface area contributed by atoms with E-state index < -0.39 is 0 Å². The third-order valence-electron chi connectivity index (χ3n) is 4.17. The Labute approximate surface area is 113 Å². The Bertz CT molecular complexity index is 225. The third kappa shape index (κ3) is 4.80. The fourth-order valence-corrected chi connectivity index (χ4v) is 3.29. The molecule has 1 aliphatic heterocycles. The molecule has 3 heteroatoms. The molecule has 0 aromatic rings. The fraction of sp³-hybridized carbons (Fsp3) is 1.00. The molecule has 17 heavy (non-hydrogen) atoms. The lowest BCUT2D eigenvalue weighted by Gasteiger charge is -2.34. The Morgan fingerprint density at radius 2 is 2.06 bits per heavy atom. The minimum absolute atomic E-state index is 0.359. The number of likely N-dealkylation sites (N-methyl/N-ethyl adjacent to an activating group) is 2. The summed E-state index contributed by atoms with van der Waals surface area (Å²) in [5.41, 5.74) is 0.359. The summed E-state index contributed by atoms with van der Waals surface area (Å²) in [4.78, 5) is 5.00. The Morgan fingerprint density at radius 3 is 2.47 bits per heavy atom. The first-order valence-corrected chi connectivity index (χ1v) is 7.47. The molecule has 0 spiro atoms. The summed E-state index contributed by atoms with van der Waals surface area (Å²) < 4.78 is 0. The van der Waals surface area contributed by atoms with Gasteiger partial charge in [0.1, 0.15) is 0 Å². The molecular formula is C14H30N2S. The largest absolute Gasteiger partial charge is 0.304 e. The highest BCUT2D eigenvalue weighted by molar-refractivity contribution is 7.80. The Kier molecular flexibility index (Phi) is 5.81. The lowest BCUT2D eigenvalue weighted by molar-refractivity contribution is 0.157. The molecule has 0 aromatic heterocycles. The molecule has 2 unspecified atom stereocenters. The van der Waals surface area contributed by atoms with Gasteiger partial charge in [-0.3, -0.25) is 0 Å². The highest BCUT2D eigenvalue weighted by Gasteiger charge is 2.27. The molecule has 0 saturated carbocycles. The van der Waals surface area contributed by atoms with Crippen molar-refractivity contribution in [2.24, 2.45) is 11.3 Å². The van der Waals surface area contributed by atoms with Crippen LogP contribution in [0.3, 0.4) is 0 Å². The van der Waals surface area contributed by atoms with Gasteiger partial charge in [0, 0.05) is 19.1 Å². The molecule has 0 aromatic carbocycles. The van der Waals surface area contributed by atoms with Crippen LogP contribution in [0.25, 0.3) is 0 Å². The second-order valence-corrected chi connectivity index (χ2v) is 7.11. The maximum atomic E-state index is 4.51. The lowest BCUT2D eigenvalue weighted by Crippen LogP contribution is -2.41. The predicted octanol–water partition coefficient (Wildman–Crippen LogP) is 2.60. The smallest absolute Gasteiger partial charge is 0.0220 e. The molecule has 1 heterocycles. The topological polar surface area (TPSA) is 6.48 Å². The molecular weight excluding hydrogens is 228 g/mol. The Balaban J connectivity index is 2.40. The van der Waals surface area contributed by atoms with Crippen LogP contribution in [-0.2, 0) is 0 Å². The van der Waals surface area contributed by atoms with Crippen molar-refractivity contribution in [3.8, 4) is 0 Å². The van der Waals surface area contributed by atoms with Gasteiger partial charge in [0.15, 0.2) is 0 Å². The van der Waals surface area contributed by atoms with Crippen LogP contribution < -0.4 is 0 Å². The highest BCUT2D eigenvalue weighted by Crippen LogP contribution is 2.27. The SMILES string of the molecule is CN(CC1CCCN1C)CC(CS)C(C)(C)C. The van der Waals surface area contributed by atoms with Crippen LogP contribution in [0, 0.1) is 11.3 Å². The molecule has 0 amide bonds.